The molecular weight excluding hydrogens is 377 g/mol. The molecule has 0 saturated heterocycles. The molecule has 0 aromatic heterocycles. The monoisotopic (exact) mass is 393 g/mol. The zero-order valence-electron chi connectivity index (χ0n) is 15.0. The highest BCUT2D eigenvalue weighted by molar-refractivity contribution is 7.90. The predicted molar refractivity (Wildman–Crippen MR) is 106 cm³/mol. The van der Waals surface area contributed by atoms with E-state index in [1.54, 1.807) is 48.5 Å². The molecule has 28 heavy (non-hydrogen) atoms. The maximum Gasteiger partial charge on any atom is 0.178 e. The van der Waals surface area contributed by atoms with E-state index in [4.69, 9.17) is 4.99 Å². The first-order valence-corrected chi connectivity index (χ1v) is 10.5. The molecule has 0 spiro atoms. The van der Waals surface area contributed by atoms with Gasteiger partial charge in [-0.25, -0.2) is 12.8 Å². The Morgan fingerprint density at radius 1 is 0.893 bits per heavy atom. The molecule has 0 fully saturated rings. The van der Waals surface area contributed by atoms with Crippen molar-refractivity contribution in [1.29, 1.82) is 0 Å². The van der Waals surface area contributed by atoms with Crippen LogP contribution in [0.1, 0.15) is 27.4 Å². The van der Waals surface area contributed by atoms with E-state index in [-0.39, 0.29) is 16.5 Å². The van der Waals surface area contributed by atoms with Crippen molar-refractivity contribution in [1.82, 2.24) is 0 Å². The fraction of sp³-hybridized carbons (Fsp3) is 0.0909. The van der Waals surface area contributed by atoms with Crippen molar-refractivity contribution >= 4 is 27.0 Å². The van der Waals surface area contributed by atoms with Crippen LogP contribution in [0, 0.1) is 5.82 Å². The Labute approximate surface area is 162 Å². The molecule has 140 valence electrons. The molecule has 1 atom stereocenters. The number of carbonyl (C=O) groups is 1. The van der Waals surface area contributed by atoms with Crippen LogP contribution in [-0.4, -0.2) is 26.2 Å². The SMILES string of the molecule is CS(=O)(=O)c1ccc(C2=Nc3ccccc3C(=O)C2c2ccc(F)cc2)cc1. The van der Waals surface area contributed by atoms with Crippen molar-refractivity contribution in [2.75, 3.05) is 6.26 Å². The first-order valence-electron chi connectivity index (χ1n) is 8.62. The van der Waals surface area contributed by atoms with Crippen LogP contribution < -0.4 is 0 Å². The van der Waals surface area contributed by atoms with Crippen LogP contribution in [0.15, 0.2) is 82.7 Å². The number of rotatable bonds is 3. The molecule has 0 saturated carbocycles. The molecule has 3 aromatic carbocycles. The maximum atomic E-state index is 13.4. The summed E-state index contributed by atoms with van der Waals surface area (Å²) in [6.07, 6.45) is 1.14. The Morgan fingerprint density at radius 3 is 2.18 bits per heavy atom. The van der Waals surface area contributed by atoms with E-state index in [1.807, 2.05) is 0 Å². The summed E-state index contributed by atoms with van der Waals surface area (Å²) in [6, 6.07) is 19.1. The number of hydrogen-bond donors (Lipinski definition) is 0. The van der Waals surface area contributed by atoms with Crippen LogP contribution in [0.4, 0.5) is 10.1 Å². The summed E-state index contributed by atoms with van der Waals surface area (Å²) in [5, 5.41) is 0. The van der Waals surface area contributed by atoms with Crippen LogP contribution >= 0.6 is 0 Å². The largest absolute Gasteiger partial charge is 0.293 e. The van der Waals surface area contributed by atoms with Crippen molar-refractivity contribution in [2.45, 2.75) is 10.8 Å². The van der Waals surface area contributed by atoms with Crippen LogP contribution in [0.25, 0.3) is 0 Å². The molecule has 4 nitrogen and oxygen atoms in total. The van der Waals surface area contributed by atoms with Crippen LogP contribution in [0.2, 0.25) is 0 Å². The third-order valence-corrected chi connectivity index (χ3v) is 5.86. The molecule has 0 radical (unpaired) electrons. The fourth-order valence-electron chi connectivity index (χ4n) is 3.32. The van der Waals surface area contributed by atoms with Gasteiger partial charge in [-0.15, -0.1) is 0 Å². The summed E-state index contributed by atoms with van der Waals surface area (Å²) in [5.41, 5.74) is 2.85. The van der Waals surface area contributed by atoms with E-state index in [9.17, 15) is 17.6 Å². The maximum absolute atomic E-state index is 13.4. The second-order valence-corrected chi connectivity index (χ2v) is 8.68. The van der Waals surface area contributed by atoms with Gasteiger partial charge in [-0.1, -0.05) is 36.4 Å². The van der Waals surface area contributed by atoms with Gasteiger partial charge in [0.15, 0.2) is 15.6 Å². The quantitative estimate of drug-likeness (QED) is 0.665. The number of Topliss-reactive ketones (excluding diaryl/α,β-unsaturated/α-hetero) is 1. The molecule has 3 aromatic rings. The molecule has 0 aliphatic carbocycles. The van der Waals surface area contributed by atoms with Gasteiger partial charge in [-0.05, 0) is 47.5 Å². The zero-order valence-corrected chi connectivity index (χ0v) is 15.8. The van der Waals surface area contributed by atoms with Gasteiger partial charge in [0.05, 0.1) is 22.2 Å². The van der Waals surface area contributed by atoms with E-state index >= 15 is 0 Å². The highest BCUT2D eigenvalue weighted by Gasteiger charge is 2.33. The third kappa shape index (κ3) is 3.27. The van der Waals surface area contributed by atoms with Gasteiger partial charge in [0.2, 0.25) is 0 Å². The number of halogens is 1. The summed E-state index contributed by atoms with van der Waals surface area (Å²) in [4.78, 5) is 18.1. The molecular formula is C22H16FNO3S. The number of carbonyl (C=O) groups excluding carboxylic acids is 1. The molecule has 4 rings (SSSR count). The Kier molecular flexibility index (Phi) is 4.43. The molecule has 0 bridgehead atoms. The van der Waals surface area contributed by atoms with Crippen LogP contribution in [-0.2, 0) is 9.84 Å². The average molecular weight is 393 g/mol. The van der Waals surface area contributed by atoms with Gasteiger partial charge in [-0.3, -0.25) is 9.79 Å². The van der Waals surface area contributed by atoms with Gasteiger partial charge < -0.3 is 0 Å². The van der Waals surface area contributed by atoms with Crippen molar-refractivity contribution in [3.05, 3.63) is 95.3 Å². The normalized spacial score (nSPS) is 16.4. The summed E-state index contributed by atoms with van der Waals surface area (Å²) < 4.78 is 36.9. The Bertz CT molecular complexity index is 1200. The summed E-state index contributed by atoms with van der Waals surface area (Å²) in [5.74, 6) is -1.21. The number of fused-ring (bicyclic) bond motifs is 1. The lowest BCUT2D eigenvalue weighted by molar-refractivity contribution is 0.0981. The number of nitrogens with zero attached hydrogens (tertiary/aromatic N) is 1. The fourth-order valence-corrected chi connectivity index (χ4v) is 3.95. The Balaban J connectivity index is 1.89. The van der Waals surface area contributed by atoms with E-state index in [0.29, 0.717) is 28.1 Å². The minimum absolute atomic E-state index is 0.126. The number of para-hydroxylation sites is 1. The van der Waals surface area contributed by atoms with Gasteiger partial charge in [0.1, 0.15) is 5.82 Å². The minimum atomic E-state index is -3.33. The first kappa shape index (κ1) is 18.3. The van der Waals surface area contributed by atoms with Gasteiger partial charge in [-0.2, -0.15) is 0 Å². The number of benzene rings is 3. The molecule has 1 aliphatic heterocycles. The third-order valence-electron chi connectivity index (χ3n) is 4.73. The lowest BCUT2D eigenvalue weighted by Crippen LogP contribution is -2.26. The summed E-state index contributed by atoms with van der Waals surface area (Å²) >= 11 is 0. The number of hydrogen-bond acceptors (Lipinski definition) is 4. The van der Waals surface area contributed by atoms with E-state index in [2.05, 4.69) is 0 Å². The second kappa shape index (κ2) is 6.80. The topological polar surface area (TPSA) is 63.6 Å². The van der Waals surface area contributed by atoms with Crippen molar-refractivity contribution in [3.63, 3.8) is 0 Å². The highest BCUT2D eigenvalue weighted by Crippen LogP contribution is 2.36. The molecule has 0 N–H and O–H groups in total. The number of ketones is 1. The van der Waals surface area contributed by atoms with Crippen molar-refractivity contribution < 1.29 is 17.6 Å². The Morgan fingerprint density at radius 2 is 1.54 bits per heavy atom. The van der Waals surface area contributed by atoms with Gasteiger partial charge in [0, 0.05) is 11.8 Å². The molecule has 1 aliphatic rings. The smallest absolute Gasteiger partial charge is 0.178 e. The number of aliphatic imine (C=N–C) groups is 1. The van der Waals surface area contributed by atoms with E-state index in [0.717, 1.165) is 6.26 Å². The lowest BCUT2D eigenvalue weighted by Gasteiger charge is -2.24. The van der Waals surface area contributed by atoms with Crippen LogP contribution in [0.3, 0.4) is 0 Å². The van der Waals surface area contributed by atoms with Gasteiger partial charge >= 0.3 is 0 Å². The standard InChI is InChI=1S/C22H16FNO3S/c1-28(26,27)17-12-8-15(9-13-17)21-20(14-6-10-16(23)11-7-14)22(25)18-4-2-3-5-19(18)24-21/h2-13,20H,1H3. The highest BCUT2D eigenvalue weighted by atomic mass is 32.2. The van der Waals surface area contributed by atoms with E-state index < -0.39 is 15.8 Å². The molecule has 6 heteroatoms. The van der Waals surface area contributed by atoms with Crippen molar-refractivity contribution in [3.8, 4) is 0 Å². The van der Waals surface area contributed by atoms with Gasteiger partial charge in [0.25, 0.3) is 0 Å². The molecule has 0 amide bonds. The Hall–Kier alpha value is -3.12. The van der Waals surface area contributed by atoms with E-state index in [1.165, 1.54) is 24.3 Å². The lowest BCUT2D eigenvalue weighted by atomic mass is 9.81. The molecule has 1 unspecified atom stereocenters. The first-order chi connectivity index (χ1) is 13.3. The minimum Gasteiger partial charge on any atom is -0.293 e. The van der Waals surface area contributed by atoms with Crippen LogP contribution in [0.5, 0.6) is 0 Å². The average Bonchev–Trinajstić information content (AvgIpc) is 2.68. The summed E-state index contributed by atoms with van der Waals surface area (Å²) in [6.45, 7) is 0. The van der Waals surface area contributed by atoms with Crippen molar-refractivity contribution in [2.24, 2.45) is 4.99 Å². The summed E-state index contributed by atoms with van der Waals surface area (Å²) in [7, 11) is -3.33. The number of sulfone groups is 1. The zero-order chi connectivity index (χ0) is 19.9. The second-order valence-electron chi connectivity index (χ2n) is 6.66. The molecule has 1 heterocycles. The predicted octanol–water partition coefficient (Wildman–Crippen LogP) is 4.33.